The van der Waals surface area contributed by atoms with E-state index >= 15 is 0 Å². The van der Waals surface area contributed by atoms with Crippen LogP contribution in [0.2, 0.25) is 0 Å². The quantitative estimate of drug-likeness (QED) is 0.823. The molecule has 0 aromatic heterocycles. The molecule has 3 rings (SSSR count). The van der Waals surface area contributed by atoms with Gasteiger partial charge in [0.1, 0.15) is 0 Å². The van der Waals surface area contributed by atoms with Crippen LogP contribution in [0, 0.1) is 6.92 Å². The molecule has 8 heteroatoms. The van der Waals surface area contributed by atoms with Crippen LogP contribution in [0.5, 0.6) is 0 Å². The van der Waals surface area contributed by atoms with Crippen LogP contribution in [0.25, 0.3) is 0 Å². The second-order valence-corrected chi connectivity index (χ2v) is 7.39. The maximum absolute atomic E-state index is 12.8. The van der Waals surface area contributed by atoms with Gasteiger partial charge < -0.3 is 15.1 Å². The average molecular weight is 419 g/mol. The number of hydrogen-bond acceptors (Lipinski definition) is 2. The number of hydrogen-bond donors (Lipinski definition) is 1. The Balaban J connectivity index is 1.46. The topological polar surface area (TPSA) is 52.7 Å². The molecule has 3 amide bonds. The van der Waals surface area contributed by atoms with E-state index < -0.39 is 11.7 Å². The first-order chi connectivity index (χ1) is 14.2. The van der Waals surface area contributed by atoms with Crippen LogP contribution in [0.3, 0.4) is 0 Å². The molecule has 0 radical (unpaired) electrons. The van der Waals surface area contributed by atoms with Gasteiger partial charge in [-0.25, -0.2) is 4.79 Å². The molecule has 2 aromatic carbocycles. The van der Waals surface area contributed by atoms with Crippen LogP contribution in [0.15, 0.2) is 48.5 Å². The number of amides is 3. The maximum atomic E-state index is 12.8. The molecule has 0 aliphatic carbocycles. The molecule has 1 fully saturated rings. The lowest BCUT2D eigenvalue weighted by atomic mass is 10.1. The summed E-state index contributed by atoms with van der Waals surface area (Å²) in [5, 5.41) is 2.65. The fourth-order valence-electron chi connectivity index (χ4n) is 3.30. The van der Waals surface area contributed by atoms with E-state index in [1.54, 1.807) is 9.80 Å². The number of benzene rings is 2. The molecule has 0 atom stereocenters. The number of nitrogens with one attached hydrogen (secondary N) is 1. The predicted octanol–water partition coefficient (Wildman–Crippen LogP) is 3.61. The van der Waals surface area contributed by atoms with Gasteiger partial charge in [0.05, 0.1) is 12.0 Å². The molecule has 0 saturated carbocycles. The van der Waals surface area contributed by atoms with Gasteiger partial charge >= 0.3 is 12.2 Å². The lowest BCUT2D eigenvalue weighted by Crippen LogP contribution is -2.53. The van der Waals surface area contributed by atoms with Crippen molar-refractivity contribution in [3.05, 3.63) is 70.8 Å². The van der Waals surface area contributed by atoms with Crippen molar-refractivity contribution in [1.82, 2.24) is 15.1 Å². The van der Waals surface area contributed by atoms with Gasteiger partial charge in [-0.1, -0.05) is 42.0 Å². The van der Waals surface area contributed by atoms with E-state index in [9.17, 15) is 22.8 Å². The highest BCUT2D eigenvalue weighted by Gasteiger charge is 2.30. The fraction of sp³-hybridized carbons (Fsp3) is 0.364. The lowest BCUT2D eigenvalue weighted by Gasteiger charge is -2.34. The van der Waals surface area contributed by atoms with Gasteiger partial charge in [0.15, 0.2) is 0 Å². The molecule has 160 valence electrons. The second-order valence-electron chi connectivity index (χ2n) is 7.39. The fourth-order valence-corrected chi connectivity index (χ4v) is 3.30. The summed E-state index contributed by atoms with van der Waals surface area (Å²) in [7, 11) is 0. The van der Waals surface area contributed by atoms with Crippen molar-refractivity contribution in [3.8, 4) is 0 Å². The Labute approximate surface area is 173 Å². The monoisotopic (exact) mass is 419 g/mol. The summed E-state index contributed by atoms with van der Waals surface area (Å²) in [4.78, 5) is 28.1. The Morgan fingerprint density at radius 2 is 1.57 bits per heavy atom. The highest BCUT2D eigenvalue weighted by Crippen LogP contribution is 2.29. The SMILES string of the molecule is Cc1ccc(CC(=O)N2CCN(C(=O)NCc3cccc(C(F)(F)F)c3)CC2)cc1. The van der Waals surface area contributed by atoms with Crippen LogP contribution in [-0.2, 0) is 23.9 Å². The van der Waals surface area contributed by atoms with Crippen molar-refractivity contribution in [3.63, 3.8) is 0 Å². The number of nitrogens with zero attached hydrogens (tertiary/aromatic N) is 2. The van der Waals surface area contributed by atoms with Gasteiger partial charge in [-0.3, -0.25) is 4.79 Å². The third kappa shape index (κ3) is 5.75. The molecular formula is C22H24F3N3O2. The van der Waals surface area contributed by atoms with Crippen LogP contribution in [0.1, 0.15) is 22.3 Å². The Hall–Kier alpha value is -3.03. The number of rotatable bonds is 4. The highest BCUT2D eigenvalue weighted by molar-refractivity contribution is 5.79. The van der Waals surface area contributed by atoms with E-state index in [-0.39, 0.29) is 18.5 Å². The summed E-state index contributed by atoms with van der Waals surface area (Å²) >= 11 is 0. The first-order valence-electron chi connectivity index (χ1n) is 9.74. The average Bonchev–Trinajstić information content (AvgIpc) is 2.73. The minimum absolute atomic E-state index is 0.00925. The van der Waals surface area contributed by atoms with Crippen molar-refractivity contribution in [1.29, 1.82) is 0 Å². The Kier molecular flexibility index (Phi) is 6.64. The summed E-state index contributed by atoms with van der Waals surface area (Å²) in [5.41, 5.74) is 1.72. The first-order valence-corrected chi connectivity index (χ1v) is 9.74. The normalized spacial score (nSPS) is 14.5. The molecule has 5 nitrogen and oxygen atoms in total. The van der Waals surface area contributed by atoms with Crippen molar-refractivity contribution < 1.29 is 22.8 Å². The summed E-state index contributed by atoms with van der Waals surface area (Å²) in [6.45, 7) is 3.63. The number of aryl methyl sites for hydroxylation is 1. The summed E-state index contributed by atoms with van der Waals surface area (Å²) in [6.07, 6.45) is -4.09. The van der Waals surface area contributed by atoms with Crippen LogP contribution >= 0.6 is 0 Å². The summed E-state index contributed by atoms with van der Waals surface area (Å²) in [6, 6.07) is 12.3. The zero-order valence-corrected chi connectivity index (χ0v) is 16.7. The number of urea groups is 1. The molecular weight excluding hydrogens is 395 g/mol. The lowest BCUT2D eigenvalue weighted by molar-refractivity contribution is -0.137. The summed E-state index contributed by atoms with van der Waals surface area (Å²) in [5.74, 6) is 0.0166. The molecule has 0 unspecified atom stereocenters. The molecule has 0 bridgehead atoms. The van der Waals surface area contributed by atoms with Gasteiger partial charge in [-0.05, 0) is 30.2 Å². The highest BCUT2D eigenvalue weighted by atomic mass is 19.4. The molecule has 1 saturated heterocycles. The number of piperazine rings is 1. The summed E-state index contributed by atoms with van der Waals surface area (Å²) < 4.78 is 38.4. The number of alkyl halides is 3. The van der Waals surface area contributed by atoms with Crippen molar-refractivity contribution in [2.75, 3.05) is 26.2 Å². The molecule has 1 aliphatic rings. The van der Waals surface area contributed by atoms with Gasteiger partial charge in [-0.2, -0.15) is 13.2 Å². The van der Waals surface area contributed by atoms with Gasteiger partial charge in [0.2, 0.25) is 5.91 Å². The van der Waals surface area contributed by atoms with E-state index in [1.165, 1.54) is 12.1 Å². The molecule has 2 aromatic rings. The van der Waals surface area contributed by atoms with Crippen LogP contribution < -0.4 is 5.32 Å². The molecule has 1 aliphatic heterocycles. The Bertz CT molecular complexity index is 889. The molecule has 30 heavy (non-hydrogen) atoms. The van der Waals surface area contributed by atoms with E-state index in [4.69, 9.17) is 0 Å². The van der Waals surface area contributed by atoms with Crippen LogP contribution in [0.4, 0.5) is 18.0 Å². The Morgan fingerprint density at radius 1 is 0.933 bits per heavy atom. The minimum atomic E-state index is -4.42. The predicted molar refractivity (Wildman–Crippen MR) is 107 cm³/mol. The maximum Gasteiger partial charge on any atom is 0.416 e. The van der Waals surface area contributed by atoms with Crippen molar-refractivity contribution in [2.24, 2.45) is 0 Å². The van der Waals surface area contributed by atoms with E-state index in [0.29, 0.717) is 38.2 Å². The van der Waals surface area contributed by atoms with E-state index in [0.717, 1.165) is 23.3 Å². The Morgan fingerprint density at radius 3 is 2.20 bits per heavy atom. The van der Waals surface area contributed by atoms with Gasteiger partial charge in [-0.15, -0.1) is 0 Å². The third-order valence-electron chi connectivity index (χ3n) is 5.09. The number of carbonyl (C=O) groups is 2. The van der Waals surface area contributed by atoms with Crippen LogP contribution in [-0.4, -0.2) is 47.9 Å². The van der Waals surface area contributed by atoms with Crippen molar-refractivity contribution in [2.45, 2.75) is 26.1 Å². The first kappa shape index (κ1) is 21.7. The number of halogens is 3. The largest absolute Gasteiger partial charge is 0.416 e. The smallest absolute Gasteiger partial charge is 0.339 e. The zero-order valence-electron chi connectivity index (χ0n) is 16.7. The van der Waals surface area contributed by atoms with Gasteiger partial charge in [0.25, 0.3) is 0 Å². The van der Waals surface area contributed by atoms with E-state index in [2.05, 4.69) is 5.32 Å². The standard InChI is InChI=1S/C22H24F3N3O2/c1-16-5-7-17(8-6-16)14-20(29)27-9-11-28(12-10-27)21(30)26-15-18-3-2-4-19(13-18)22(23,24)25/h2-8,13H,9-12,14-15H2,1H3,(H,26,30). The van der Waals surface area contributed by atoms with Crippen molar-refractivity contribution >= 4 is 11.9 Å². The molecule has 0 spiro atoms. The van der Waals surface area contributed by atoms with E-state index in [1.807, 2.05) is 31.2 Å². The second kappa shape index (κ2) is 9.19. The minimum Gasteiger partial charge on any atom is -0.339 e. The molecule has 1 N–H and O–H groups in total. The molecule has 1 heterocycles. The third-order valence-corrected chi connectivity index (χ3v) is 5.09. The zero-order chi connectivity index (χ0) is 21.7. The number of carbonyl (C=O) groups excluding carboxylic acids is 2. The van der Waals surface area contributed by atoms with Gasteiger partial charge in [0, 0.05) is 32.7 Å².